The summed E-state index contributed by atoms with van der Waals surface area (Å²) < 4.78 is 23.4. The van der Waals surface area contributed by atoms with Crippen LogP contribution in [0.15, 0.2) is 23.1 Å². The van der Waals surface area contributed by atoms with Crippen LogP contribution in [0.2, 0.25) is 0 Å². The lowest BCUT2D eigenvalue weighted by Crippen LogP contribution is -2.24. The summed E-state index contributed by atoms with van der Waals surface area (Å²) in [6, 6.07) is 5.69. The highest BCUT2D eigenvalue weighted by atomic mass is 32.2. The molecule has 0 heterocycles. The summed E-state index contributed by atoms with van der Waals surface area (Å²) in [7, 11) is -3.16. The molecule has 0 radical (unpaired) electrons. The number of anilines is 1. The molecule has 0 unspecified atom stereocenters. The van der Waals surface area contributed by atoms with Gasteiger partial charge in [0.2, 0.25) is 0 Å². The summed E-state index contributed by atoms with van der Waals surface area (Å²) in [4.78, 5) is 0.378. The van der Waals surface area contributed by atoms with Crippen LogP contribution in [0, 0.1) is 18.8 Å². The van der Waals surface area contributed by atoms with Gasteiger partial charge in [0.15, 0.2) is 9.84 Å². The van der Waals surface area contributed by atoms with Crippen molar-refractivity contribution in [3.05, 3.63) is 23.8 Å². The number of aryl methyl sites for hydroxylation is 1. The van der Waals surface area contributed by atoms with E-state index in [0.717, 1.165) is 24.1 Å². The van der Waals surface area contributed by atoms with Crippen LogP contribution in [0.5, 0.6) is 0 Å². The van der Waals surface area contributed by atoms with Crippen molar-refractivity contribution in [3.63, 3.8) is 0 Å². The molecule has 0 aliphatic heterocycles. The second kappa shape index (κ2) is 7.30. The van der Waals surface area contributed by atoms with Gasteiger partial charge in [0.25, 0.3) is 0 Å². The molecule has 21 heavy (non-hydrogen) atoms. The number of nitrogens with one attached hydrogen (secondary N) is 1. The molecule has 0 saturated heterocycles. The number of hydrogen-bond acceptors (Lipinski definition) is 3. The molecule has 4 heteroatoms. The van der Waals surface area contributed by atoms with Gasteiger partial charge in [-0.2, -0.15) is 0 Å². The lowest BCUT2D eigenvalue weighted by molar-refractivity contribution is 0.442. The fourth-order valence-corrected chi connectivity index (χ4v) is 3.21. The normalized spacial score (nSPS) is 12.4. The van der Waals surface area contributed by atoms with E-state index in [0.29, 0.717) is 22.8 Å². The lowest BCUT2D eigenvalue weighted by atomic mass is 9.95. The van der Waals surface area contributed by atoms with E-state index in [4.69, 9.17) is 0 Å². The van der Waals surface area contributed by atoms with Crippen LogP contribution >= 0.6 is 0 Å². The van der Waals surface area contributed by atoms with Gasteiger partial charge in [-0.25, -0.2) is 8.42 Å². The predicted molar refractivity (Wildman–Crippen MR) is 90.6 cm³/mol. The van der Waals surface area contributed by atoms with Crippen LogP contribution in [0.25, 0.3) is 0 Å². The van der Waals surface area contributed by atoms with E-state index < -0.39 is 9.84 Å². The third-order valence-corrected chi connectivity index (χ3v) is 4.62. The molecule has 0 fully saturated rings. The molecule has 1 rings (SSSR count). The maximum atomic E-state index is 11.7. The maximum absolute atomic E-state index is 11.7. The quantitative estimate of drug-likeness (QED) is 0.818. The number of rotatable bonds is 7. The average molecular weight is 311 g/mol. The highest BCUT2D eigenvalue weighted by Crippen LogP contribution is 2.24. The van der Waals surface area contributed by atoms with Crippen molar-refractivity contribution < 1.29 is 8.42 Å². The van der Waals surface area contributed by atoms with E-state index in [1.165, 1.54) is 6.26 Å². The average Bonchev–Trinajstić information content (AvgIpc) is 2.28. The molecule has 0 aliphatic carbocycles. The van der Waals surface area contributed by atoms with Crippen molar-refractivity contribution in [2.24, 2.45) is 11.8 Å². The highest BCUT2D eigenvalue weighted by Gasteiger charge is 2.15. The summed E-state index contributed by atoms with van der Waals surface area (Å²) in [6.45, 7) is 10.9. The van der Waals surface area contributed by atoms with Crippen molar-refractivity contribution >= 4 is 15.5 Å². The van der Waals surface area contributed by atoms with Gasteiger partial charge in [-0.3, -0.25) is 0 Å². The van der Waals surface area contributed by atoms with E-state index in [1.54, 1.807) is 12.1 Å². The van der Waals surface area contributed by atoms with Gasteiger partial charge in [0, 0.05) is 18.0 Å². The molecule has 0 bridgehead atoms. The topological polar surface area (TPSA) is 46.2 Å². The van der Waals surface area contributed by atoms with Gasteiger partial charge < -0.3 is 5.32 Å². The molecule has 120 valence electrons. The monoisotopic (exact) mass is 311 g/mol. The minimum absolute atomic E-state index is 0.374. The van der Waals surface area contributed by atoms with Crippen LogP contribution < -0.4 is 5.32 Å². The van der Waals surface area contributed by atoms with Crippen molar-refractivity contribution in [2.45, 2.75) is 58.4 Å². The van der Waals surface area contributed by atoms with Crippen molar-refractivity contribution in [2.75, 3.05) is 11.6 Å². The van der Waals surface area contributed by atoms with Gasteiger partial charge in [-0.05, 0) is 49.3 Å². The Hall–Kier alpha value is -1.03. The second-order valence-electron chi connectivity index (χ2n) is 6.85. The molecule has 1 aromatic carbocycles. The standard InChI is InChI=1S/C17H29NO2S/c1-12(2)9-15(10-13(3)4)18-17-11-16(21(6,19)20)8-7-14(17)5/h7-8,11-13,15,18H,9-10H2,1-6H3. The molecule has 3 nitrogen and oxygen atoms in total. The largest absolute Gasteiger partial charge is 0.382 e. The van der Waals surface area contributed by atoms with Crippen molar-refractivity contribution in [1.29, 1.82) is 0 Å². The molecule has 0 aliphatic rings. The molecule has 1 N–H and O–H groups in total. The van der Waals surface area contributed by atoms with E-state index in [-0.39, 0.29) is 0 Å². The van der Waals surface area contributed by atoms with E-state index >= 15 is 0 Å². The summed E-state index contributed by atoms with van der Waals surface area (Å²) in [6.07, 6.45) is 3.42. The molecule has 0 aromatic heterocycles. The zero-order valence-corrected chi connectivity index (χ0v) is 14.9. The summed E-state index contributed by atoms with van der Waals surface area (Å²) in [5, 5.41) is 3.56. The zero-order valence-electron chi connectivity index (χ0n) is 14.1. The van der Waals surface area contributed by atoms with Gasteiger partial charge in [0.05, 0.1) is 4.90 Å². The smallest absolute Gasteiger partial charge is 0.175 e. The Kier molecular flexibility index (Phi) is 6.26. The van der Waals surface area contributed by atoms with Gasteiger partial charge in [0.1, 0.15) is 0 Å². The van der Waals surface area contributed by atoms with E-state index in [9.17, 15) is 8.42 Å². The minimum atomic E-state index is -3.16. The lowest BCUT2D eigenvalue weighted by Gasteiger charge is -2.24. The molecule has 0 saturated carbocycles. The number of hydrogen-bond donors (Lipinski definition) is 1. The Morgan fingerprint density at radius 2 is 1.57 bits per heavy atom. The Bertz CT molecular complexity index is 552. The van der Waals surface area contributed by atoms with E-state index in [2.05, 4.69) is 33.0 Å². The first-order valence-corrected chi connectivity index (χ1v) is 9.56. The zero-order chi connectivity index (χ0) is 16.2. The first-order chi connectivity index (χ1) is 9.59. The Morgan fingerprint density at radius 1 is 1.05 bits per heavy atom. The van der Waals surface area contributed by atoms with Crippen molar-refractivity contribution in [1.82, 2.24) is 0 Å². The first-order valence-electron chi connectivity index (χ1n) is 7.66. The Morgan fingerprint density at radius 3 is 2.00 bits per heavy atom. The molecule has 0 amide bonds. The summed E-state index contributed by atoms with van der Waals surface area (Å²) in [5.74, 6) is 1.22. The third kappa shape index (κ3) is 6.08. The van der Waals surface area contributed by atoms with Crippen LogP contribution in [0.1, 0.15) is 46.1 Å². The molecular weight excluding hydrogens is 282 g/mol. The third-order valence-electron chi connectivity index (χ3n) is 3.51. The fourth-order valence-electron chi connectivity index (χ4n) is 2.56. The van der Waals surface area contributed by atoms with Crippen LogP contribution in [-0.4, -0.2) is 20.7 Å². The molecule has 0 spiro atoms. The Labute approximate surface area is 130 Å². The van der Waals surface area contributed by atoms with Crippen LogP contribution in [0.4, 0.5) is 5.69 Å². The van der Waals surface area contributed by atoms with Gasteiger partial charge in [-0.1, -0.05) is 33.8 Å². The van der Waals surface area contributed by atoms with Crippen molar-refractivity contribution in [3.8, 4) is 0 Å². The molecule has 1 aromatic rings. The summed E-state index contributed by atoms with van der Waals surface area (Å²) in [5.41, 5.74) is 2.02. The number of benzene rings is 1. The highest BCUT2D eigenvalue weighted by molar-refractivity contribution is 7.90. The molecular formula is C17H29NO2S. The fraction of sp³-hybridized carbons (Fsp3) is 0.647. The Balaban J connectivity index is 3.02. The first kappa shape index (κ1) is 18.0. The predicted octanol–water partition coefficient (Wildman–Crippen LogP) is 4.27. The van der Waals surface area contributed by atoms with Crippen LogP contribution in [0.3, 0.4) is 0 Å². The van der Waals surface area contributed by atoms with Crippen LogP contribution in [-0.2, 0) is 9.84 Å². The minimum Gasteiger partial charge on any atom is -0.382 e. The number of sulfone groups is 1. The SMILES string of the molecule is Cc1ccc(S(C)(=O)=O)cc1NC(CC(C)C)CC(C)C. The summed E-state index contributed by atoms with van der Waals surface area (Å²) >= 11 is 0. The van der Waals surface area contributed by atoms with E-state index in [1.807, 2.05) is 13.0 Å². The maximum Gasteiger partial charge on any atom is 0.175 e. The molecule has 0 atom stereocenters. The second-order valence-corrected chi connectivity index (χ2v) is 8.86. The van der Waals surface area contributed by atoms with Gasteiger partial charge >= 0.3 is 0 Å². The van der Waals surface area contributed by atoms with Gasteiger partial charge in [-0.15, -0.1) is 0 Å².